The molecule has 10 nitrogen and oxygen atoms in total. The second-order valence-corrected chi connectivity index (χ2v) is 10.6. The van der Waals surface area contributed by atoms with E-state index >= 15 is 0 Å². The summed E-state index contributed by atoms with van der Waals surface area (Å²) in [5.41, 5.74) is 5.15. The topological polar surface area (TPSA) is 98.5 Å². The molecule has 1 aliphatic heterocycles. The minimum Gasteiger partial charge on any atom is -0.461 e. The molecule has 4 heterocycles. The van der Waals surface area contributed by atoms with Gasteiger partial charge in [-0.2, -0.15) is 5.10 Å². The molecule has 4 aromatic rings. The smallest absolute Gasteiger partial charge is 0.357 e. The van der Waals surface area contributed by atoms with Gasteiger partial charge in [-0.1, -0.05) is 19.9 Å². The molecular formula is C30H37N7O3. The quantitative estimate of drug-likeness (QED) is 0.289. The van der Waals surface area contributed by atoms with E-state index in [-0.39, 0.29) is 18.2 Å². The van der Waals surface area contributed by atoms with Gasteiger partial charge < -0.3 is 19.3 Å². The molecule has 0 unspecified atom stereocenters. The third-order valence-electron chi connectivity index (χ3n) is 7.29. The number of carbonyl (C=O) groups excluding carboxylic acids is 1. The number of esters is 1. The van der Waals surface area contributed by atoms with Crippen molar-refractivity contribution >= 4 is 28.6 Å². The fraction of sp³-hybridized carbons (Fsp3) is 0.433. The van der Waals surface area contributed by atoms with Crippen LogP contribution in [0.4, 0.5) is 11.6 Å². The Hall–Kier alpha value is -4.05. The molecule has 1 aliphatic rings. The molecule has 0 N–H and O–H groups in total. The van der Waals surface area contributed by atoms with Crippen molar-refractivity contribution in [1.29, 1.82) is 0 Å². The first-order valence-corrected chi connectivity index (χ1v) is 13.8. The van der Waals surface area contributed by atoms with E-state index in [1.54, 1.807) is 13.0 Å². The minimum absolute atomic E-state index is 0.106. The Morgan fingerprint density at radius 3 is 2.50 bits per heavy atom. The maximum absolute atomic E-state index is 13.0. The number of fused-ring (bicyclic) bond motifs is 1. The zero-order valence-corrected chi connectivity index (χ0v) is 24.1. The summed E-state index contributed by atoms with van der Waals surface area (Å²) in [5.74, 6) is 0.282. The third kappa shape index (κ3) is 5.36. The van der Waals surface area contributed by atoms with Crippen LogP contribution >= 0.6 is 0 Å². The van der Waals surface area contributed by atoms with Crippen LogP contribution in [-0.2, 0) is 9.47 Å². The summed E-state index contributed by atoms with van der Waals surface area (Å²) < 4.78 is 12.7. The standard InChI is InChI=1S/C30H37N7O3/c1-7-40-29(38)25-16-24(20-17-31-30(32-18-20)36(6)21-11-13-39-14-12-21)26-27(19(2)3)34-37(28(26)33-25)23-10-8-9-22(15-23)35(4)5/h8-10,15-19,21H,7,11-14H2,1-6H3. The molecule has 1 saturated heterocycles. The molecule has 1 fully saturated rings. The van der Waals surface area contributed by atoms with Gasteiger partial charge in [0.15, 0.2) is 11.3 Å². The lowest BCUT2D eigenvalue weighted by Gasteiger charge is -2.31. The van der Waals surface area contributed by atoms with Gasteiger partial charge in [-0.25, -0.2) is 24.4 Å². The molecule has 0 aliphatic carbocycles. The largest absolute Gasteiger partial charge is 0.461 e. The zero-order chi connectivity index (χ0) is 28.4. The van der Waals surface area contributed by atoms with Crippen LogP contribution in [0.5, 0.6) is 0 Å². The molecule has 0 atom stereocenters. The predicted molar refractivity (Wildman–Crippen MR) is 157 cm³/mol. The van der Waals surface area contributed by atoms with Crippen molar-refractivity contribution in [3.63, 3.8) is 0 Å². The highest BCUT2D eigenvalue weighted by Gasteiger charge is 2.25. The van der Waals surface area contributed by atoms with Crippen molar-refractivity contribution in [1.82, 2.24) is 24.7 Å². The fourth-order valence-electron chi connectivity index (χ4n) is 5.05. The van der Waals surface area contributed by atoms with Crippen molar-refractivity contribution in [3.05, 3.63) is 54.1 Å². The number of hydrogen-bond donors (Lipinski definition) is 0. The number of hydrogen-bond acceptors (Lipinski definition) is 9. The molecule has 1 aromatic carbocycles. The first-order chi connectivity index (χ1) is 19.3. The van der Waals surface area contributed by atoms with Crippen LogP contribution < -0.4 is 9.80 Å². The van der Waals surface area contributed by atoms with Gasteiger partial charge in [0.05, 0.1) is 23.4 Å². The number of anilines is 2. The van der Waals surface area contributed by atoms with Crippen LogP contribution in [-0.4, -0.2) is 77.7 Å². The Morgan fingerprint density at radius 1 is 1.12 bits per heavy atom. The number of carbonyl (C=O) groups is 1. The van der Waals surface area contributed by atoms with E-state index < -0.39 is 5.97 Å². The molecule has 5 rings (SSSR count). The molecule has 210 valence electrons. The summed E-state index contributed by atoms with van der Waals surface area (Å²) in [4.78, 5) is 31.3. The first-order valence-electron chi connectivity index (χ1n) is 13.8. The summed E-state index contributed by atoms with van der Waals surface area (Å²) in [6.07, 6.45) is 5.52. The van der Waals surface area contributed by atoms with E-state index in [4.69, 9.17) is 29.5 Å². The minimum atomic E-state index is -0.483. The summed E-state index contributed by atoms with van der Waals surface area (Å²) in [6.45, 7) is 7.75. The van der Waals surface area contributed by atoms with Crippen molar-refractivity contribution in [2.24, 2.45) is 0 Å². The molecule has 0 amide bonds. The van der Waals surface area contributed by atoms with Gasteiger partial charge in [-0.15, -0.1) is 0 Å². The number of ether oxygens (including phenoxy) is 2. The average Bonchev–Trinajstić information content (AvgIpc) is 3.37. The van der Waals surface area contributed by atoms with Crippen LogP contribution in [0.3, 0.4) is 0 Å². The van der Waals surface area contributed by atoms with Gasteiger partial charge in [-0.05, 0) is 49.9 Å². The van der Waals surface area contributed by atoms with Gasteiger partial charge >= 0.3 is 5.97 Å². The van der Waals surface area contributed by atoms with E-state index in [2.05, 4.69) is 24.8 Å². The van der Waals surface area contributed by atoms with E-state index in [1.165, 1.54) is 0 Å². The molecule has 0 radical (unpaired) electrons. The van der Waals surface area contributed by atoms with Crippen molar-refractivity contribution in [3.8, 4) is 16.8 Å². The molecule has 40 heavy (non-hydrogen) atoms. The monoisotopic (exact) mass is 543 g/mol. The molecule has 0 bridgehead atoms. The Balaban J connectivity index is 1.68. The van der Waals surface area contributed by atoms with E-state index in [0.717, 1.165) is 59.6 Å². The maximum Gasteiger partial charge on any atom is 0.357 e. The highest BCUT2D eigenvalue weighted by Crippen LogP contribution is 2.36. The summed E-state index contributed by atoms with van der Waals surface area (Å²) in [6, 6.07) is 10.2. The fourth-order valence-corrected chi connectivity index (χ4v) is 5.05. The van der Waals surface area contributed by atoms with Crippen molar-refractivity contribution in [2.75, 3.05) is 50.8 Å². The molecule has 0 spiro atoms. The number of nitrogens with zero attached hydrogens (tertiary/aromatic N) is 7. The Labute approximate surface area is 235 Å². The van der Waals surface area contributed by atoms with Crippen LogP contribution in [0.15, 0.2) is 42.7 Å². The number of rotatable bonds is 8. The van der Waals surface area contributed by atoms with E-state index in [9.17, 15) is 4.79 Å². The van der Waals surface area contributed by atoms with Crippen molar-refractivity contribution < 1.29 is 14.3 Å². The normalized spacial score (nSPS) is 14.1. The maximum atomic E-state index is 13.0. The highest BCUT2D eigenvalue weighted by atomic mass is 16.5. The van der Waals surface area contributed by atoms with Crippen LogP contribution in [0.1, 0.15) is 55.7 Å². The summed E-state index contributed by atoms with van der Waals surface area (Å²) in [7, 11) is 6.02. The van der Waals surface area contributed by atoms with Gasteiger partial charge in [0.2, 0.25) is 5.95 Å². The molecule has 10 heteroatoms. The van der Waals surface area contributed by atoms with Gasteiger partial charge in [0, 0.05) is 69.6 Å². The summed E-state index contributed by atoms with van der Waals surface area (Å²) in [5, 5.41) is 5.89. The van der Waals surface area contributed by atoms with E-state index in [0.29, 0.717) is 17.6 Å². The number of benzene rings is 1. The Bertz CT molecular complexity index is 1490. The van der Waals surface area contributed by atoms with Gasteiger partial charge in [-0.3, -0.25) is 0 Å². The van der Waals surface area contributed by atoms with Crippen LogP contribution in [0.2, 0.25) is 0 Å². The zero-order valence-electron chi connectivity index (χ0n) is 24.1. The van der Waals surface area contributed by atoms with Crippen LogP contribution in [0, 0.1) is 0 Å². The Morgan fingerprint density at radius 2 is 1.85 bits per heavy atom. The lowest BCUT2D eigenvalue weighted by atomic mass is 9.99. The van der Waals surface area contributed by atoms with Crippen molar-refractivity contribution in [2.45, 2.75) is 45.6 Å². The molecule has 3 aromatic heterocycles. The highest BCUT2D eigenvalue weighted by molar-refractivity contribution is 6.00. The van der Waals surface area contributed by atoms with Gasteiger partial charge in [0.25, 0.3) is 0 Å². The number of pyridine rings is 1. The average molecular weight is 544 g/mol. The lowest BCUT2D eigenvalue weighted by molar-refractivity contribution is 0.0520. The third-order valence-corrected chi connectivity index (χ3v) is 7.29. The van der Waals surface area contributed by atoms with E-state index in [1.807, 2.05) is 61.3 Å². The predicted octanol–water partition coefficient (Wildman–Crippen LogP) is 4.86. The van der Waals surface area contributed by atoms with Crippen LogP contribution in [0.25, 0.3) is 27.8 Å². The Kier molecular flexibility index (Phi) is 7.97. The second kappa shape index (κ2) is 11.6. The summed E-state index contributed by atoms with van der Waals surface area (Å²) >= 11 is 0. The second-order valence-electron chi connectivity index (χ2n) is 10.6. The molecule has 0 saturated carbocycles. The SMILES string of the molecule is CCOC(=O)c1cc(-c2cnc(N(C)C3CCOCC3)nc2)c2c(C(C)C)nn(-c3cccc(N(C)C)c3)c2n1. The molecular weight excluding hydrogens is 506 g/mol. The number of aromatic nitrogens is 5. The lowest BCUT2D eigenvalue weighted by Crippen LogP contribution is -2.37. The van der Waals surface area contributed by atoms with Gasteiger partial charge in [0.1, 0.15) is 0 Å². The first kappa shape index (κ1) is 27.5.